The number of ether oxygens (including phenoxy) is 2. The van der Waals surface area contributed by atoms with Crippen molar-refractivity contribution in [1.29, 1.82) is 0 Å². The number of hydrogen-bond acceptors (Lipinski definition) is 2. The van der Waals surface area contributed by atoms with Gasteiger partial charge in [0.05, 0.1) is 18.3 Å². The van der Waals surface area contributed by atoms with Crippen LogP contribution in [0.3, 0.4) is 0 Å². The highest BCUT2D eigenvalue weighted by Gasteiger charge is 2.55. The SMILES string of the molecule is CC1OCCC12CC1C=CC2O1. The van der Waals surface area contributed by atoms with Crippen LogP contribution in [0.2, 0.25) is 0 Å². The Morgan fingerprint density at radius 2 is 2.33 bits per heavy atom. The molecule has 3 aliphatic heterocycles. The molecule has 0 aliphatic carbocycles. The van der Waals surface area contributed by atoms with E-state index in [-0.39, 0.29) is 0 Å². The van der Waals surface area contributed by atoms with E-state index in [0.29, 0.717) is 23.7 Å². The zero-order valence-corrected chi connectivity index (χ0v) is 7.32. The summed E-state index contributed by atoms with van der Waals surface area (Å²) in [5.74, 6) is 0. The molecule has 66 valence electrons. The normalized spacial score (nSPS) is 55.9. The van der Waals surface area contributed by atoms with Crippen LogP contribution in [0.15, 0.2) is 12.2 Å². The maximum atomic E-state index is 5.79. The first-order valence-electron chi connectivity index (χ1n) is 4.77. The molecule has 2 heteroatoms. The van der Waals surface area contributed by atoms with Gasteiger partial charge in [0.15, 0.2) is 0 Å². The fourth-order valence-corrected chi connectivity index (χ4v) is 2.87. The summed E-state index contributed by atoms with van der Waals surface area (Å²) in [4.78, 5) is 0. The molecule has 12 heavy (non-hydrogen) atoms. The van der Waals surface area contributed by atoms with Gasteiger partial charge in [-0.25, -0.2) is 0 Å². The Kier molecular flexibility index (Phi) is 1.25. The van der Waals surface area contributed by atoms with Gasteiger partial charge in [0.25, 0.3) is 0 Å². The average Bonchev–Trinajstić information content (AvgIpc) is 2.69. The van der Waals surface area contributed by atoms with Crippen molar-refractivity contribution < 1.29 is 9.47 Å². The minimum atomic E-state index is 0.333. The van der Waals surface area contributed by atoms with Gasteiger partial charge in [-0.1, -0.05) is 12.2 Å². The Morgan fingerprint density at radius 1 is 1.42 bits per heavy atom. The van der Waals surface area contributed by atoms with E-state index in [4.69, 9.17) is 9.47 Å². The van der Waals surface area contributed by atoms with Gasteiger partial charge in [-0.3, -0.25) is 0 Å². The summed E-state index contributed by atoms with van der Waals surface area (Å²) in [5.41, 5.74) is 0.333. The molecule has 3 heterocycles. The Morgan fingerprint density at radius 3 is 2.83 bits per heavy atom. The third-order valence-electron chi connectivity index (χ3n) is 3.71. The fraction of sp³-hybridized carbons (Fsp3) is 0.800. The standard InChI is InChI=1S/C10H14O2/c1-7-10(4-5-11-7)6-8-2-3-9(10)12-8/h2-3,7-9H,4-6H2,1H3. The van der Waals surface area contributed by atoms with Crippen molar-refractivity contribution in [3.8, 4) is 0 Å². The summed E-state index contributed by atoms with van der Waals surface area (Å²) >= 11 is 0. The van der Waals surface area contributed by atoms with Crippen LogP contribution < -0.4 is 0 Å². The maximum Gasteiger partial charge on any atom is 0.0847 e. The molecule has 3 aliphatic rings. The second kappa shape index (κ2) is 2.12. The summed E-state index contributed by atoms with van der Waals surface area (Å²) in [6.45, 7) is 3.10. The molecule has 2 bridgehead atoms. The lowest BCUT2D eigenvalue weighted by Gasteiger charge is -2.31. The zero-order chi connectivity index (χ0) is 8.18. The molecule has 2 fully saturated rings. The van der Waals surface area contributed by atoms with E-state index in [1.165, 1.54) is 12.8 Å². The molecule has 3 rings (SSSR count). The highest BCUT2D eigenvalue weighted by atomic mass is 16.5. The molecule has 4 unspecified atom stereocenters. The van der Waals surface area contributed by atoms with E-state index in [9.17, 15) is 0 Å². The molecule has 0 aromatic carbocycles. The number of fused-ring (bicyclic) bond motifs is 3. The highest BCUT2D eigenvalue weighted by Crippen LogP contribution is 2.52. The van der Waals surface area contributed by atoms with Crippen LogP contribution in [0.1, 0.15) is 19.8 Å². The molecular formula is C10H14O2. The molecule has 0 amide bonds. The first-order chi connectivity index (χ1) is 5.81. The van der Waals surface area contributed by atoms with Crippen molar-refractivity contribution in [3.63, 3.8) is 0 Å². The molecule has 0 radical (unpaired) electrons. The summed E-state index contributed by atoms with van der Waals surface area (Å²) in [6.07, 6.45) is 7.89. The quantitative estimate of drug-likeness (QED) is 0.508. The molecule has 0 aromatic rings. The Hall–Kier alpha value is -0.340. The molecule has 4 atom stereocenters. The van der Waals surface area contributed by atoms with Gasteiger partial charge in [-0.15, -0.1) is 0 Å². The lowest BCUT2D eigenvalue weighted by Crippen LogP contribution is -2.36. The lowest BCUT2D eigenvalue weighted by atomic mass is 9.72. The number of rotatable bonds is 0. The van der Waals surface area contributed by atoms with E-state index >= 15 is 0 Å². The summed E-state index contributed by atoms with van der Waals surface area (Å²) < 4.78 is 11.4. The Labute approximate surface area is 72.5 Å². The van der Waals surface area contributed by atoms with Crippen molar-refractivity contribution in [1.82, 2.24) is 0 Å². The van der Waals surface area contributed by atoms with E-state index < -0.39 is 0 Å². The van der Waals surface area contributed by atoms with E-state index in [1.807, 2.05) is 0 Å². The van der Waals surface area contributed by atoms with Crippen molar-refractivity contribution in [3.05, 3.63) is 12.2 Å². The molecule has 2 nitrogen and oxygen atoms in total. The average molecular weight is 166 g/mol. The van der Waals surface area contributed by atoms with Crippen LogP contribution >= 0.6 is 0 Å². The Balaban J connectivity index is 1.97. The minimum Gasteiger partial charge on any atom is -0.378 e. The van der Waals surface area contributed by atoms with Crippen LogP contribution in [-0.2, 0) is 9.47 Å². The molecule has 1 spiro atoms. The summed E-state index contributed by atoms with van der Waals surface area (Å²) in [6, 6.07) is 0. The van der Waals surface area contributed by atoms with E-state index in [2.05, 4.69) is 19.1 Å². The van der Waals surface area contributed by atoms with Crippen molar-refractivity contribution in [2.75, 3.05) is 6.61 Å². The number of hydrogen-bond donors (Lipinski definition) is 0. The van der Waals surface area contributed by atoms with Gasteiger partial charge in [-0.05, 0) is 19.8 Å². The van der Waals surface area contributed by atoms with Gasteiger partial charge < -0.3 is 9.47 Å². The van der Waals surface area contributed by atoms with Crippen LogP contribution in [0.4, 0.5) is 0 Å². The molecular weight excluding hydrogens is 152 g/mol. The first kappa shape index (κ1) is 7.10. The van der Waals surface area contributed by atoms with Crippen LogP contribution in [-0.4, -0.2) is 24.9 Å². The highest BCUT2D eigenvalue weighted by molar-refractivity contribution is 5.19. The van der Waals surface area contributed by atoms with Gasteiger partial charge in [-0.2, -0.15) is 0 Å². The summed E-state index contributed by atoms with van der Waals surface area (Å²) in [5, 5.41) is 0. The monoisotopic (exact) mass is 166 g/mol. The predicted octanol–water partition coefficient (Wildman–Crippen LogP) is 1.51. The second-order valence-corrected chi connectivity index (χ2v) is 4.18. The third kappa shape index (κ3) is 0.679. The van der Waals surface area contributed by atoms with Gasteiger partial charge in [0.1, 0.15) is 0 Å². The van der Waals surface area contributed by atoms with Crippen molar-refractivity contribution in [2.24, 2.45) is 5.41 Å². The van der Waals surface area contributed by atoms with E-state index in [1.54, 1.807) is 0 Å². The van der Waals surface area contributed by atoms with Crippen LogP contribution in [0, 0.1) is 5.41 Å². The fourth-order valence-electron chi connectivity index (χ4n) is 2.87. The summed E-state index contributed by atoms with van der Waals surface area (Å²) in [7, 11) is 0. The third-order valence-corrected chi connectivity index (χ3v) is 3.71. The van der Waals surface area contributed by atoms with Crippen molar-refractivity contribution >= 4 is 0 Å². The predicted molar refractivity (Wildman–Crippen MR) is 44.9 cm³/mol. The van der Waals surface area contributed by atoms with Crippen LogP contribution in [0.5, 0.6) is 0 Å². The van der Waals surface area contributed by atoms with Gasteiger partial charge >= 0.3 is 0 Å². The Bertz CT molecular complexity index is 236. The van der Waals surface area contributed by atoms with E-state index in [0.717, 1.165) is 6.61 Å². The zero-order valence-electron chi connectivity index (χ0n) is 7.32. The van der Waals surface area contributed by atoms with Crippen molar-refractivity contribution in [2.45, 2.75) is 38.1 Å². The molecule has 2 saturated heterocycles. The largest absolute Gasteiger partial charge is 0.378 e. The second-order valence-electron chi connectivity index (χ2n) is 4.18. The maximum absolute atomic E-state index is 5.79. The smallest absolute Gasteiger partial charge is 0.0847 e. The van der Waals surface area contributed by atoms with Crippen LogP contribution in [0.25, 0.3) is 0 Å². The molecule has 0 saturated carbocycles. The van der Waals surface area contributed by atoms with Gasteiger partial charge in [0, 0.05) is 12.0 Å². The first-order valence-corrected chi connectivity index (χ1v) is 4.77. The lowest BCUT2D eigenvalue weighted by molar-refractivity contribution is 0.0246. The topological polar surface area (TPSA) is 18.5 Å². The molecule has 0 N–H and O–H groups in total. The molecule has 0 aromatic heterocycles. The van der Waals surface area contributed by atoms with Gasteiger partial charge in [0.2, 0.25) is 0 Å². The minimum absolute atomic E-state index is 0.333.